The Kier molecular flexibility index (Phi) is 5.71. The van der Waals surface area contributed by atoms with Crippen LogP contribution in [0.25, 0.3) is 28.2 Å². The number of halogens is 1. The van der Waals surface area contributed by atoms with E-state index >= 15 is 4.39 Å². The Bertz CT molecular complexity index is 1580. The second-order valence-corrected chi connectivity index (χ2v) is 10.0. The zero-order valence-corrected chi connectivity index (χ0v) is 21.0. The maximum absolute atomic E-state index is 15.1. The summed E-state index contributed by atoms with van der Waals surface area (Å²) in [6.07, 6.45) is 7.70. The number of nitrogen functional groups attached to an aromatic ring is 1. The van der Waals surface area contributed by atoms with Crippen LogP contribution in [0.1, 0.15) is 54.6 Å². The van der Waals surface area contributed by atoms with E-state index in [0.29, 0.717) is 46.6 Å². The molecule has 196 valence electrons. The molecule has 11 nitrogen and oxygen atoms in total. The Morgan fingerprint density at radius 3 is 2.55 bits per heavy atom. The highest BCUT2D eigenvalue weighted by Crippen LogP contribution is 2.44. The van der Waals surface area contributed by atoms with E-state index in [0.717, 1.165) is 12.8 Å². The molecule has 0 unspecified atom stereocenters. The molecule has 38 heavy (non-hydrogen) atoms. The largest absolute Gasteiger partial charge is 0.387 e. The van der Waals surface area contributed by atoms with Gasteiger partial charge < -0.3 is 15.7 Å². The zero-order chi connectivity index (χ0) is 26.7. The van der Waals surface area contributed by atoms with Crippen molar-refractivity contribution in [3.8, 4) is 22.5 Å². The molecule has 2 bridgehead atoms. The third kappa shape index (κ3) is 3.74. The van der Waals surface area contributed by atoms with Crippen molar-refractivity contribution >= 4 is 23.2 Å². The predicted molar refractivity (Wildman–Crippen MR) is 136 cm³/mol. The fourth-order valence-corrected chi connectivity index (χ4v) is 6.10. The number of anilines is 1. The Balaban J connectivity index is 1.43. The van der Waals surface area contributed by atoms with Crippen LogP contribution in [0, 0.1) is 5.82 Å². The first kappa shape index (κ1) is 24.2. The predicted octanol–water partition coefficient (Wildman–Crippen LogP) is 2.34. The van der Waals surface area contributed by atoms with Gasteiger partial charge in [-0.25, -0.2) is 9.37 Å². The topological polar surface area (TPSA) is 145 Å². The van der Waals surface area contributed by atoms with E-state index in [4.69, 9.17) is 10.7 Å². The summed E-state index contributed by atoms with van der Waals surface area (Å²) in [5.41, 5.74) is 9.31. The lowest BCUT2D eigenvalue weighted by Gasteiger charge is -2.39. The quantitative estimate of drug-likeness (QED) is 0.383. The molecule has 2 aliphatic heterocycles. The highest BCUT2D eigenvalue weighted by atomic mass is 19.1. The number of aliphatic hydroxyl groups is 1. The molecule has 0 saturated carbocycles. The summed E-state index contributed by atoms with van der Waals surface area (Å²) in [7, 11) is 1.75. The molecule has 3 N–H and O–H groups in total. The smallest absolute Gasteiger partial charge is 0.248 e. The first-order chi connectivity index (χ1) is 18.3. The Labute approximate surface area is 217 Å². The van der Waals surface area contributed by atoms with Gasteiger partial charge in [0.25, 0.3) is 0 Å². The van der Waals surface area contributed by atoms with Gasteiger partial charge in [-0.3, -0.25) is 19.3 Å². The standard InChI is InChI=1S/C26H27FN8O3/c1-13(37)22-23(14-7-16-3-4-17(8-14)34(16)21(38)12-36)31-26-18(11-30-35(26)25(22)28)15-9-19(27)24(29-10-15)20-5-6-33(2)32-20/h5-6,9-11,14,16-17,36H,3-4,7-8,12,28H2,1-2H3/t14-,16+,17-. The monoisotopic (exact) mass is 518 g/mol. The minimum atomic E-state index is -0.536. The average Bonchev–Trinajstić information content (AvgIpc) is 3.58. The van der Waals surface area contributed by atoms with Crippen LogP contribution in [0.4, 0.5) is 10.2 Å². The molecule has 3 atom stereocenters. The maximum atomic E-state index is 15.1. The molecule has 6 heterocycles. The SMILES string of the molecule is CC(=O)c1c([C@H]2C[C@H]3CC[C@@H](C2)N3C(=O)CO)nc2c(-c3cnc(-c4ccn(C)n4)c(F)c3)cnn2c1N. The lowest BCUT2D eigenvalue weighted by atomic mass is 9.85. The normalized spacial score (nSPS) is 20.8. The van der Waals surface area contributed by atoms with Crippen LogP contribution in [0.5, 0.6) is 0 Å². The summed E-state index contributed by atoms with van der Waals surface area (Å²) in [6.45, 7) is 0.929. The first-order valence-electron chi connectivity index (χ1n) is 12.5. The number of aromatic nitrogens is 6. The Hall–Kier alpha value is -4.19. The van der Waals surface area contributed by atoms with Gasteiger partial charge in [0.05, 0.1) is 17.5 Å². The fraction of sp³-hybridized carbons (Fsp3) is 0.385. The third-order valence-electron chi connectivity index (χ3n) is 7.71. The minimum absolute atomic E-state index is 0.0284. The second-order valence-electron chi connectivity index (χ2n) is 10.0. The molecule has 0 radical (unpaired) electrons. The molecule has 2 fully saturated rings. The Morgan fingerprint density at radius 1 is 1.21 bits per heavy atom. The maximum Gasteiger partial charge on any atom is 0.248 e. The van der Waals surface area contributed by atoms with Crippen LogP contribution < -0.4 is 5.73 Å². The van der Waals surface area contributed by atoms with Crippen LogP contribution in [-0.4, -0.2) is 69.7 Å². The number of hydrogen-bond acceptors (Lipinski definition) is 8. The molecule has 0 spiro atoms. The number of ketones is 1. The van der Waals surface area contributed by atoms with Crippen molar-refractivity contribution in [1.29, 1.82) is 0 Å². The number of amides is 1. The van der Waals surface area contributed by atoms with Crippen LogP contribution in [0.2, 0.25) is 0 Å². The molecule has 0 aliphatic carbocycles. The van der Waals surface area contributed by atoms with Gasteiger partial charge in [-0.15, -0.1) is 0 Å². The van der Waals surface area contributed by atoms with Crippen molar-refractivity contribution in [2.24, 2.45) is 7.05 Å². The van der Waals surface area contributed by atoms with Crippen LogP contribution in [0.15, 0.2) is 30.7 Å². The number of aryl methyl sites for hydroxylation is 1. The van der Waals surface area contributed by atoms with E-state index in [1.165, 1.54) is 23.7 Å². The zero-order valence-electron chi connectivity index (χ0n) is 21.0. The van der Waals surface area contributed by atoms with E-state index in [2.05, 4.69) is 15.2 Å². The number of rotatable bonds is 5. The minimum Gasteiger partial charge on any atom is -0.387 e. The first-order valence-corrected chi connectivity index (χ1v) is 12.5. The number of fused-ring (bicyclic) bond motifs is 3. The van der Waals surface area contributed by atoms with Crippen molar-refractivity contribution in [2.45, 2.75) is 50.6 Å². The van der Waals surface area contributed by atoms with Crippen molar-refractivity contribution in [3.05, 3.63) is 47.8 Å². The van der Waals surface area contributed by atoms with Crippen LogP contribution in [0.3, 0.4) is 0 Å². The molecular formula is C26H27FN8O3. The van der Waals surface area contributed by atoms with Gasteiger partial charge >= 0.3 is 0 Å². The summed E-state index contributed by atoms with van der Waals surface area (Å²) >= 11 is 0. The van der Waals surface area contributed by atoms with Gasteiger partial charge in [-0.1, -0.05) is 0 Å². The summed E-state index contributed by atoms with van der Waals surface area (Å²) < 4.78 is 18.1. The number of aliphatic hydroxyl groups excluding tert-OH is 1. The molecular weight excluding hydrogens is 491 g/mol. The average molecular weight is 519 g/mol. The lowest BCUT2D eigenvalue weighted by Crippen LogP contribution is -2.47. The van der Waals surface area contributed by atoms with Gasteiger partial charge in [-0.05, 0) is 44.7 Å². The molecule has 0 aromatic carbocycles. The van der Waals surface area contributed by atoms with Gasteiger partial charge in [-0.2, -0.15) is 14.7 Å². The van der Waals surface area contributed by atoms with E-state index < -0.39 is 12.4 Å². The van der Waals surface area contributed by atoms with Gasteiger partial charge in [0.15, 0.2) is 17.2 Å². The number of carbonyl (C=O) groups is 2. The highest BCUT2D eigenvalue weighted by Gasteiger charge is 2.44. The number of Topliss-reactive ketones (excluding diaryl/α,β-unsaturated/α-hetero) is 1. The van der Waals surface area contributed by atoms with E-state index in [1.807, 2.05) is 0 Å². The van der Waals surface area contributed by atoms with E-state index in [9.17, 15) is 14.7 Å². The molecule has 2 saturated heterocycles. The number of pyridine rings is 1. The van der Waals surface area contributed by atoms with E-state index in [-0.39, 0.29) is 41.2 Å². The lowest BCUT2D eigenvalue weighted by molar-refractivity contribution is -0.138. The summed E-state index contributed by atoms with van der Waals surface area (Å²) in [4.78, 5) is 36.0. The highest BCUT2D eigenvalue weighted by molar-refractivity contribution is 6.00. The summed E-state index contributed by atoms with van der Waals surface area (Å²) in [6, 6.07) is 2.99. The van der Waals surface area contributed by atoms with Gasteiger partial charge in [0, 0.05) is 48.6 Å². The van der Waals surface area contributed by atoms with Crippen molar-refractivity contribution in [1.82, 2.24) is 34.3 Å². The number of piperidine rings is 1. The van der Waals surface area contributed by atoms with Crippen LogP contribution >= 0.6 is 0 Å². The number of hydrogen-bond donors (Lipinski definition) is 2. The number of nitrogens with two attached hydrogens (primary N) is 1. The number of nitrogens with zero attached hydrogens (tertiary/aromatic N) is 7. The molecule has 4 aromatic rings. The van der Waals surface area contributed by atoms with Crippen molar-refractivity contribution < 1.29 is 19.1 Å². The molecule has 2 aliphatic rings. The Morgan fingerprint density at radius 2 is 1.95 bits per heavy atom. The van der Waals surface area contributed by atoms with Crippen molar-refractivity contribution in [2.75, 3.05) is 12.3 Å². The molecule has 4 aromatic heterocycles. The molecule has 6 rings (SSSR count). The number of carbonyl (C=O) groups excluding carboxylic acids is 2. The molecule has 12 heteroatoms. The van der Waals surface area contributed by atoms with E-state index in [1.54, 1.807) is 35.1 Å². The second kappa shape index (κ2) is 8.98. The summed E-state index contributed by atoms with van der Waals surface area (Å²) in [5.74, 6) is -0.967. The van der Waals surface area contributed by atoms with Gasteiger partial charge in [0.2, 0.25) is 5.91 Å². The van der Waals surface area contributed by atoms with Gasteiger partial charge in [0.1, 0.15) is 23.8 Å². The summed E-state index contributed by atoms with van der Waals surface area (Å²) in [5, 5.41) is 18.0. The van der Waals surface area contributed by atoms with Crippen LogP contribution in [-0.2, 0) is 11.8 Å². The molecule has 1 amide bonds. The fourth-order valence-electron chi connectivity index (χ4n) is 6.10. The van der Waals surface area contributed by atoms with Crippen molar-refractivity contribution in [3.63, 3.8) is 0 Å². The third-order valence-corrected chi connectivity index (χ3v) is 7.71.